The predicted molar refractivity (Wildman–Crippen MR) is 69.5 cm³/mol. The van der Waals surface area contributed by atoms with E-state index in [2.05, 4.69) is 0 Å². The maximum absolute atomic E-state index is 12.2. The zero-order chi connectivity index (χ0) is 14.5. The Morgan fingerprint density at radius 1 is 1.15 bits per heavy atom. The molecule has 20 heavy (non-hydrogen) atoms. The van der Waals surface area contributed by atoms with Gasteiger partial charge in [-0.2, -0.15) is 5.26 Å². The summed E-state index contributed by atoms with van der Waals surface area (Å²) in [4.78, 5) is 24.2. The molecule has 0 fully saturated rings. The van der Waals surface area contributed by atoms with Crippen LogP contribution >= 0.6 is 0 Å². The van der Waals surface area contributed by atoms with E-state index >= 15 is 0 Å². The van der Waals surface area contributed by atoms with Crippen LogP contribution in [0.2, 0.25) is 0 Å². The number of carbonyl (C=O) groups is 2. The first-order valence-corrected chi connectivity index (χ1v) is 5.81. The van der Waals surface area contributed by atoms with E-state index in [0.717, 1.165) is 0 Å². The van der Waals surface area contributed by atoms with Gasteiger partial charge in [0.15, 0.2) is 17.5 Å². The number of rotatable bonds is 5. The zero-order valence-electron chi connectivity index (χ0n) is 10.7. The number of carbonyl (C=O) groups excluding carboxylic acids is 2. The third kappa shape index (κ3) is 2.59. The molecule has 5 heteroatoms. The van der Waals surface area contributed by atoms with Crippen molar-refractivity contribution < 1.29 is 18.7 Å². The standard InChI is InChI=1S/C15H11NO4/c1-19-12-4-2-10(3-5-12)14(17)13(8-16)15(18)11-6-7-20-9-11/h2-7,9,13H,1H3/t13-/m1/s1. The monoisotopic (exact) mass is 269 g/mol. The van der Waals surface area contributed by atoms with Crippen LogP contribution < -0.4 is 4.74 Å². The van der Waals surface area contributed by atoms with Crippen LogP contribution in [0.3, 0.4) is 0 Å². The van der Waals surface area contributed by atoms with Crippen LogP contribution in [0, 0.1) is 17.2 Å². The highest BCUT2D eigenvalue weighted by Gasteiger charge is 2.29. The topological polar surface area (TPSA) is 80.3 Å². The number of benzene rings is 1. The summed E-state index contributed by atoms with van der Waals surface area (Å²) in [5.74, 6) is -1.89. The van der Waals surface area contributed by atoms with E-state index in [1.807, 2.05) is 0 Å². The van der Waals surface area contributed by atoms with Crippen LogP contribution in [0.4, 0.5) is 0 Å². The zero-order valence-corrected chi connectivity index (χ0v) is 10.7. The first kappa shape index (κ1) is 13.6. The van der Waals surface area contributed by atoms with Crippen molar-refractivity contribution in [2.45, 2.75) is 0 Å². The lowest BCUT2D eigenvalue weighted by Gasteiger charge is -2.06. The molecule has 1 aromatic carbocycles. The number of ether oxygens (including phenoxy) is 1. The van der Waals surface area contributed by atoms with E-state index in [0.29, 0.717) is 5.75 Å². The van der Waals surface area contributed by atoms with Gasteiger partial charge in [0.05, 0.1) is 25.0 Å². The summed E-state index contributed by atoms with van der Waals surface area (Å²) < 4.78 is 9.77. The second-order valence-corrected chi connectivity index (χ2v) is 4.03. The second-order valence-electron chi connectivity index (χ2n) is 4.03. The van der Waals surface area contributed by atoms with Gasteiger partial charge in [-0.3, -0.25) is 9.59 Å². The molecule has 1 aromatic heterocycles. The van der Waals surface area contributed by atoms with Gasteiger partial charge < -0.3 is 9.15 Å². The molecular formula is C15H11NO4. The largest absolute Gasteiger partial charge is 0.497 e. The van der Waals surface area contributed by atoms with Gasteiger partial charge in [0.2, 0.25) is 0 Å². The lowest BCUT2D eigenvalue weighted by atomic mass is 9.92. The molecular weight excluding hydrogens is 258 g/mol. The number of hydrogen-bond donors (Lipinski definition) is 0. The SMILES string of the molecule is COc1ccc(C(=O)[C@@H](C#N)C(=O)c2ccoc2)cc1. The van der Waals surface area contributed by atoms with Gasteiger partial charge in [-0.25, -0.2) is 0 Å². The van der Waals surface area contributed by atoms with E-state index in [9.17, 15) is 9.59 Å². The number of furan rings is 1. The summed E-state index contributed by atoms with van der Waals surface area (Å²) in [6, 6.07) is 9.42. The molecule has 100 valence electrons. The highest BCUT2D eigenvalue weighted by atomic mass is 16.5. The Kier molecular flexibility index (Phi) is 3.96. The molecule has 0 spiro atoms. The lowest BCUT2D eigenvalue weighted by Crippen LogP contribution is -2.22. The molecule has 1 heterocycles. The molecule has 0 saturated heterocycles. The Balaban J connectivity index is 2.25. The molecule has 0 amide bonds. The van der Waals surface area contributed by atoms with Gasteiger partial charge in [-0.05, 0) is 30.3 Å². The third-order valence-corrected chi connectivity index (χ3v) is 2.83. The van der Waals surface area contributed by atoms with Crippen LogP contribution in [0.5, 0.6) is 5.75 Å². The Morgan fingerprint density at radius 3 is 2.30 bits per heavy atom. The number of nitriles is 1. The number of Topliss-reactive ketones (excluding diaryl/α,β-unsaturated/α-hetero) is 2. The van der Waals surface area contributed by atoms with Crippen molar-refractivity contribution in [2.24, 2.45) is 5.92 Å². The minimum atomic E-state index is -1.37. The molecule has 0 N–H and O–H groups in total. The maximum atomic E-state index is 12.2. The van der Waals surface area contributed by atoms with Crippen LogP contribution in [-0.4, -0.2) is 18.7 Å². The molecule has 0 radical (unpaired) electrons. The minimum absolute atomic E-state index is 0.207. The summed E-state index contributed by atoms with van der Waals surface area (Å²) in [7, 11) is 1.51. The number of nitrogens with zero attached hydrogens (tertiary/aromatic N) is 1. The van der Waals surface area contributed by atoms with Gasteiger partial charge in [0.1, 0.15) is 12.0 Å². The highest BCUT2D eigenvalue weighted by Crippen LogP contribution is 2.18. The second kappa shape index (κ2) is 5.85. The number of hydrogen-bond acceptors (Lipinski definition) is 5. The lowest BCUT2D eigenvalue weighted by molar-refractivity contribution is 0.0845. The van der Waals surface area contributed by atoms with Gasteiger partial charge in [0, 0.05) is 5.56 Å². The van der Waals surface area contributed by atoms with E-state index < -0.39 is 17.5 Å². The number of ketones is 2. The molecule has 2 aromatic rings. The van der Waals surface area contributed by atoms with Crippen molar-refractivity contribution in [1.82, 2.24) is 0 Å². The van der Waals surface area contributed by atoms with Gasteiger partial charge in [-0.1, -0.05) is 0 Å². The third-order valence-electron chi connectivity index (χ3n) is 2.83. The van der Waals surface area contributed by atoms with Crippen molar-refractivity contribution in [3.05, 3.63) is 54.0 Å². The van der Waals surface area contributed by atoms with Crippen molar-refractivity contribution in [1.29, 1.82) is 5.26 Å². The molecule has 5 nitrogen and oxygen atoms in total. The molecule has 0 aliphatic rings. The van der Waals surface area contributed by atoms with Crippen LogP contribution in [0.15, 0.2) is 47.3 Å². The average molecular weight is 269 g/mol. The van der Waals surface area contributed by atoms with E-state index in [1.54, 1.807) is 18.2 Å². The van der Waals surface area contributed by atoms with Crippen molar-refractivity contribution in [3.8, 4) is 11.8 Å². The quantitative estimate of drug-likeness (QED) is 0.615. The van der Waals surface area contributed by atoms with Crippen LogP contribution in [0.25, 0.3) is 0 Å². The Morgan fingerprint density at radius 2 is 1.80 bits per heavy atom. The van der Waals surface area contributed by atoms with Gasteiger partial charge in [0.25, 0.3) is 0 Å². The van der Waals surface area contributed by atoms with Crippen LogP contribution in [0.1, 0.15) is 20.7 Å². The van der Waals surface area contributed by atoms with Crippen LogP contribution in [-0.2, 0) is 0 Å². The summed E-state index contributed by atoms with van der Waals surface area (Å²) >= 11 is 0. The molecule has 1 atom stereocenters. The van der Waals surface area contributed by atoms with Gasteiger partial charge >= 0.3 is 0 Å². The molecule has 0 saturated carbocycles. The first-order chi connectivity index (χ1) is 9.67. The molecule has 2 rings (SSSR count). The Labute approximate surface area is 115 Å². The Bertz CT molecular complexity index is 650. The fourth-order valence-electron chi connectivity index (χ4n) is 1.73. The van der Waals surface area contributed by atoms with Crippen molar-refractivity contribution in [2.75, 3.05) is 7.11 Å². The summed E-state index contributed by atoms with van der Waals surface area (Å²) in [6.45, 7) is 0. The fraction of sp³-hybridized carbons (Fsp3) is 0.133. The van der Waals surface area contributed by atoms with Gasteiger partial charge in [-0.15, -0.1) is 0 Å². The van der Waals surface area contributed by atoms with E-state index in [4.69, 9.17) is 14.4 Å². The van der Waals surface area contributed by atoms with E-state index in [1.165, 1.54) is 37.8 Å². The molecule has 0 bridgehead atoms. The summed E-state index contributed by atoms with van der Waals surface area (Å²) in [6.07, 6.45) is 2.54. The minimum Gasteiger partial charge on any atom is -0.497 e. The summed E-state index contributed by atoms with van der Waals surface area (Å²) in [5, 5.41) is 9.08. The molecule has 0 aliphatic heterocycles. The van der Waals surface area contributed by atoms with E-state index in [-0.39, 0.29) is 11.1 Å². The predicted octanol–water partition coefficient (Wildman–Crippen LogP) is 2.49. The summed E-state index contributed by atoms with van der Waals surface area (Å²) in [5.41, 5.74) is 0.493. The van der Waals surface area contributed by atoms with Crippen molar-refractivity contribution >= 4 is 11.6 Å². The van der Waals surface area contributed by atoms with Crippen molar-refractivity contribution in [3.63, 3.8) is 0 Å². The smallest absolute Gasteiger partial charge is 0.191 e. The average Bonchev–Trinajstić information content (AvgIpc) is 3.02. The highest BCUT2D eigenvalue weighted by molar-refractivity contribution is 6.17. The number of methoxy groups -OCH3 is 1. The maximum Gasteiger partial charge on any atom is 0.191 e. The Hall–Kier alpha value is -2.87. The fourth-order valence-corrected chi connectivity index (χ4v) is 1.73. The molecule has 0 unspecified atom stereocenters. The normalized spacial score (nSPS) is 11.4. The molecule has 0 aliphatic carbocycles. The first-order valence-electron chi connectivity index (χ1n) is 5.81.